The topological polar surface area (TPSA) is 46.2 Å². The monoisotopic (exact) mass is 283 g/mol. The van der Waals surface area contributed by atoms with Gasteiger partial charge in [-0.15, -0.1) is 0 Å². The minimum atomic E-state index is -3.37. The molecule has 0 radical (unpaired) electrons. The van der Waals surface area contributed by atoms with Gasteiger partial charge >= 0.3 is 0 Å². The van der Waals surface area contributed by atoms with Gasteiger partial charge in [-0.25, -0.2) is 13.1 Å². The maximum Gasteiger partial charge on any atom is 0.240 e. The molecule has 1 atom stereocenters. The number of sulfonamides is 1. The molecule has 1 unspecified atom stereocenters. The molecule has 0 spiro atoms. The van der Waals surface area contributed by atoms with Crippen molar-refractivity contribution in [1.29, 1.82) is 0 Å². The number of hydrogen-bond donors (Lipinski definition) is 1. The normalized spacial score (nSPS) is 13.4. The highest BCUT2D eigenvalue weighted by Gasteiger charge is 2.17. The van der Waals surface area contributed by atoms with Gasteiger partial charge in [0.05, 0.1) is 4.90 Å². The van der Waals surface area contributed by atoms with Crippen LogP contribution >= 0.6 is 0 Å². The lowest BCUT2D eigenvalue weighted by Gasteiger charge is -2.16. The number of benzene rings is 1. The number of nitrogens with one attached hydrogen (secondary N) is 1. The van der Waals surface area contributed by atoms with Crippen LogP contribution in [-0.4, -0.2) is 15.0 Å². The average molecular weight is 283 g/mol. The van der Waals surface area contributed by atoms with Gasteiger partial charge in [-0.1, -0.05) is 51.3 Å². The second kappa shape index (κ2) is 7.65. The van der Waals surface area contributed by atoms with Gasteiger partial charge in [-0.05, 0) is 30.9 Å². The highest BCUT2D eigenvalue weighted by atomic mass is 32.2. The molecule has 0 saturated heterocycles. The Morgan fingerprint density at radius 1 is 1.21 bits per heavy atom. The Bertz CT molecular complexity index is 483. The fraction of sp³-hybridized carbons (Fsp3) is 0.600. The van der Waals surface area contributed by atoms with Crippen LogP contribution in [0.15, 0.2) is 29.2 Å². The molecule has 0 bridgehead atoms. The van der Waals surface area contributed by atoms with Gasteiger partial charge in [0.2, 0.25) is 10.0 Å². The van der Waals surface area contributed by atoms with Gasteiger partial charge in [0.15, 0.2) is 0 Å². The van der Waals surface area contributed by atoms with Crippen LogP contribution in [0, 0.1) is 12.8 Å². The van der Waals surface area contributed by atoms with E-state index < -0.39 is 10.0 Å². The molecule has 1 N–H and O–H groups in total. The van der Waals surface area contributed by atoms with Crippen molar-refractivity contribution in [2.24, 2.45) is 5.92 Å². The molecule has 19 heavy (non-hydrogen) atoms. The molecule has 0 aliphatic heterocycles. The fourth-order valence-corrected chi connectivity index (χ4v) is 3.47. The summed E-state index contributed by atoms with van der Waals surface area (Å²) in [5, 5.41) is 0. The lowest BCUT2D eigenvalue weighted by molar-refractivity contribution is 0.443. The minimum absolute atomic E-state index is 0.389. The van der Waals surface area contributed by atoms with Crippen molar-refractivity contribution < 1.29 is 8.42 Å². The molecule has 0 aliphatic carbocycles. The maximum atomic E-state index is 12.2. The lowest BCUT2D eigenvalue weighted by atomic mass is 10.00. The molecule has 0 heterocycles. The van der Waals surface area contributed by atoms with Crippen LogP contribution in [0.1, 0.15) is 45.1 Å². The summed E-state index contributed by atoms with van der Waals surface area (Å²) >= 11 is 0. The summed E-state index contributed by atoms with van der Waals surface area (Å²) in [6, 6.07) is 7.09. The Labute approximate surface area is 117 Å². The minimum Gasteiger partial charge on any atom is -0.211 e. The first-order valence-corrected chi connectivity index (χ1v) is 8.54. The summed E-state index contributed by atoms with van der Waals surface area (Å²) in [6.45, 7) is 6.63. The zero-order valence-corrected chi connectivity index (χ0v) is 13.0. The summed E-state index contributed by atoms with van der Waals surface area (Å²) in [6.07, 6.45) is 4.41. The van der Waals surface area contributed by atoms with E-state index in [1.807, 2.05) is 19.1 Å². The van der Waals surface area contributed by atoms with Crippen molar-refractivity contribution in [3.63, 3.8) is 0 Å². The first-order valence-electron chi connectivity index (χ1n) is 7.06. The predicted octanol–water partition coefficient (Wildman–Crippen LogP) is 3.49. The van der Waals surface area contributed by atoms with Crippen LogP contribution in [0.5, 0.6) is 0 Å². The van der Waals surface area contributed by atoms with Crippen molar-refractivity contribution in [2.75, 3.05) is 6.54 Å². The first kappa shape index (κ1) is 16.2. The summed E-state index contributed by atoms with van der Waals surface area (Å²) in [4.78, 5) is 0.389. The molecule has 3 nitrogen and oxygen atoms in total. The van der Waals surface area contributed by atoms with Crippen LogP contribution in [0.4, 0.5) is 0 Å². The SMILES string of the molecule is CCCCC(CC)CNS(=O)(=O)c1ccccc1C. The molecular formula is C15H25NO2S. The number of unbranched alkanes of at least 4 members (excludes halogenated alkanes) is 1. The summed E-state index contributed by atoms with van der Waals surface area (Å²) in [5.74, 6) is 0.429. The largest absolute Gasteiger partial charge is 0.240 e. The van der Waals surface area contributed by atoms with Crippen molar-refractivity contribution in [1.82, 2.24) is 4.72 Å². The van der Waals surface area contributed by atoms with Gasteiger partial charge in [-0.3, -0.25) is 0 Å². The Morgan fingerprint density at radius 3 is 2.47 bits per heavy atom. The zero-order chi connectivity index (χ0) is 14.3. The fourth-order valence-electron chi connectivity index (χ4n) is 2.11. The third-order valence-electron chi connectivity index (χ3n) is 3.49. The molecule has 0 saturated carbocycles. The van der Waals surface area contributed by atoms with Crippen molar-refractivity contribution in [2.45, 2.75) is 51.3 Å². The van der Waals surface area contributed by atoms with Gasteiger partial charge in [-0.2, -0.15) is 0 Å². The van der Waals surface area contributed by atoms with E-state index in [4.69, 9.17) is 0 Å². The lowest BCUT2D eigenvalue weighted by Crippen LogP contribution is -2.29. The van der Waals surface area contributed by atoms with Gasteiger partial charge in [0.1, 0.15) is 0 Å². The Balaban J connectivity index is 2.67. The molecule has 1 aromatic carbocycles. The summed E-state index contributed by atoms with van der Waals surface area (Å²) in [5.41, 5.74) is 0.789. The molecule has 0 aromatic heterocycles. The molecule has 108 valence electrons. The van der Waals surface area contributed by atoms with Crippen LogP contribution in [-0.2, 0) is 10.0 Å². The van der Waals surface area contributed by atoms with Crippen molar-refractivity contribution in [3.05, 3.63) is 29.8 Å². The molecule has 4 heteroatoms. The maximum absolute atomic E-state index is 12.2. The average Bonchev–Trinajstić information content (AvgIpc) is 2.39. The van der Waals surface area contributed by atoms with Gasteiger partial charge < -0.3 is 0 Å². The van der Waals surface area contributed by atoms with E-state index in [1.54, 1.807) is 12.1 Å². The summed E-state index contributed by atoms with van der Waals surface area (Å²) < 4.78 is 27.2. The zero-order valence-electron chi connectivity index (χ0n) is 12.1. The third-order valence-corrected chi connectivity index (χ3v) is 5.07. The first-order chi connectivity index (χ1) is 9.01. The van der Waals surface area contributed by atoms with Crippen molar-refractivity contribution >= 4 is 10.0 Å². The predicted molar refractivity (Wildman–Crippen MR) is 79.7 cm³/mol. The van der Waals surface area contributed by atoms with E-state index in [1.165, 1.54) is 0 Å². The highest BCUT2D eigenvalue weighted by molar-refractivity contribution is 7.89. The smallest absolute Gasteiger partial charge is 0.211 e. The number of hydrogen-bond acceptors (Lipinski definition) is 2. The number of rotatable bonds is 8. The van der Waals surface area contributed by atoms with E-state index in [0.29, 0.717) is 17.4 Å². The molecular weight excluding hydrogens is 258 g/mol. The second-order valence-corrected chi connectivity index (χ2v) is 6.77. The quantitative estimate of drug-likeness (QED) is 0.794. The van der Waals surface area contributed by atoms with E-state index in [2.05, 4.69) is 18.6 Å². The van der Waals surface area contributed by atoms with E-state index >= 15 is 0 Å². The second-order valence-electron chi connectivity index (χ2n) is 5.03. The molecule has 0 amide bonds. The molecule has 0 fully saturated rings. The van der Waals surface area contributed by atoms with Gasteiger partial charge in [0.25, 0.3) is 0 Å². The van der Waals surface area contributed by atoms with E-state index in [9.17, 15) is 8.42 Å². The Kier molecular flexibility index (Phi) is 6.52. The van der Waals surface area contributed by atoms with E-state index in [-0.39, 0.29) is 0 Å². The highest BCUT2D eigenvalue weighted by Crippen LogP contribution is 2.16. The molecule has 1 aromatic rings. The Hall–Kier alpha value is -0.870. The van der Waals surface area contributed by atoms with E-state index in [0.717, 1.165) is 31.2 Å². The molecule has 1 rings (SSSR count). The van der Waals surface area contributed by atoms with Crippen LogP contribution in [0.3, 0.4) is 0 Å². The van der Waals surface area contributed by atoms with Gasteiger partial charge in [0, 0.05) is 6.54 Å². The summed E-state index contributed by atoms with van der Waals surface area (Å²) in [7, 11) is -3.37. The van der Waals surface area contributed by atoms with Crippen LogP contribution < -0.4 is 4.72 Å². The third kappa shape index (κ3) is 4.96. The van der Waals surface area contributed by atoms with Crippen molar-refractivity contribution in [3.8, 4) is 0 Å². The van der Waals surface area contributed by atoms with Crippen LogP contribution in [0.2, 0.25) is 0 Å². The number of aryl methyl sites for hydroxylation is 1. The van der Waals surface area contributed by atoms with Crippen LogP contribution in [0.25, 0.3) is 0 Å². The molecule has 0 aliphatic rings. The standard InChI is InChI=1S/C15H25NO2S/c1-4-6-10-14(5-2)12-16-19(17,18)15-11-8-7-9-13(15)3/h7-9,11,14,16H,4-6,10,12H2,1-3H3. The Morgan fingerprint density at radius 2 is 1.89 bits per heavy atom.